The van der Waals surface area contributed by atoms with Gasteiger partial charge in [0, 0.05) is 24.6 Å². The normalized spacial score (nSPS) is 18.1. The highest BCUT2D eigenvalue weighted by Gasteiger charge is 2.42. The van der Waals surface area contributed by atoms with Crippen molar-refractivity contribution >= 4 is 23.6 Å². The molecule has 0 saturated carbocycles. The van der Waals surface area contributed by atoms with Crippen LogP contribution < -0.4 is 11.1 Å². The zero-order valence-electron chi connectivity index (χ0n) is 19.7. The van der Waals surface area contributed by atoms with Gasteiger partial charge in [0.1, 0.15) is 6.04 Å². The molecule has 1 aliphatic heterocycles. The van der Waals surface area contributed by atoms with Crippen LogP contribution in [0.3, 0.4) is 0 Å². The fraction of sp³-hybridized carbons (Fsp3) is 0.481. The largest absolute Gasteiger partial charge is 0.342 e. The van der Waals surface area contributed by atoms with E-state index in [9.17, 15) is 9.59 Å². The first-order valence-corrected chi connectivity index (χ1v) is 13.0. The van der Waals surface area contributed by atoms with Crippen LogP contribution >= 0.6 is 11.8 Å². The van der Waals surface area contributed by atoms with Gasteiger partial charge in [-0.3, -0.25) is 9.59 Å². The first kappa shape index (κ1) is 23.8. The van der Waals surface area contributed by atoms with Gasteiger partial charge < -0.3 is 16.0 Å². The van der Waals surface area contributed by atoms with Gasteiger partial charge in [-0.25, -0.2) is 0 Å². The second-order valence-electron chi connectivity index (χ2n) is 10.0. The zero-order chi connectivity index (χ0) is 23.5. The molecule has 6 heteroatoms. The number of nitrogens with two attached hydrogens (primary N) is 1. The molecule has 33 heavy (non-hydrogen) atoms. The van der Waals surface area contributed by atoms with E-state index in [-0.39, 0.29) is 17.2 Å². The predicted molar refractivity (Wildman–Crippen MR) is 135 cm³/mol. The minimum atomic E-state index is -1.03. The predicted octanol–water partition coefficient (Wildman–Crippen LogP) is 3.65. The first-order valence-electron chi connectivity index (χ1n) is 11.9. The van der Waals surface area contributed by atoms with E-state index in [2.05, 4.69) is 41.7 Å². The minimum absolute atomic E-state index is 0.00861. The molecule has 0 radical (unpaired) electrons. The topological polar surface area (TPSA) is 75.4 Å². The molecule has 4 rings (SSSR count). The molecular formula is C27H35N3O2S. The van der Waals surface area contributed by atoms with Crippen LogP contribution in [0.1, 0.15) is 49.8 Å². The number of thioether (sulfide) groups is 1. The molecule has 1 atom stereocenters. The highest BCUT2D eigenvalue weighted by atomic mass is 32.2. The first-order chi connectivity index (χ1) is 15.8. The Morgan fingerprint density at radius 3 is 2.42 bits per heavy atom. The van der Waals surface area contributed by atoms with Crippen molar-refractivity contribution < 1.29 is 9.59 Å². The number of carbonyl (C=O) groups is 2. The molecule has 5 nitrogen and oxygen atoms in total. The summed E-state index contributed by atoms with van der Waals surface area (Å²) < 4.78 is 0. The van der Waals surface area contributed by atoms with Gasteiger partial charge >= 0.3 is 0 Å². The van der Waals surface area contributed by atoms with E-state index in [1.54, 1.807) is 25.6 Å². The zero-order valence-corrected chi connectivity index (χ0v) is 20.5. The number of likely N-dealkylation sites (tertiary alicyclic amines) is 1. The quantitative estimate of drug-likeness (QED) is 0.655. The van der Waals surface area contributed by atoms with Crippen molar-refractivity contribution in [3.8, 4) is 0 Å². The monoisotopic (exact) mass is 465 g/mol. The Hall–Kier alpha value is -2.31. The summed E-state index contributed by atoms with van der Waals surface area (Å²) in [6, 6.07) is 18.4. The number of amides is 2. The molecule has 2 amide bonds. The molecular weight excluding hydrogens is 430 g/mol. The van der Waals surface area contributed by atoms with Crippen molar-refractivity contribution in [3.05, 3.63) is 71.3 Å². The summed E-state index contributed by atoms with van der Waals surface area (Å²) in [7, 11) is 0. The van der Waals surface area contributed by atoms with Gasteiger partial charge in [0.05, 0.1) is 5.54 Å². The molecule has 1 heterocycles. The molecule has 0 unspecified atom stereocenters. The number of fused-ring (bicyclic) bond motifs is 2. The Labute approximate surface area is 201 Å². The van der Waals surface area contributed by atoms with Gasteiger partial charge in [-0.1, -0.05) is 54.6 Å². The highest BCUT2D eigenvalue weighted by Crippen LogP contribution is 2.46. The number of nitrogens with one attached hydrogen (secondary N) is 1. The lowest BCUT2D eigenvalue weighted by atomic mass is 9.74. The summed E-state index contributed by atoms with van der Waals surface area (Å²) in [4.78, 5) is 28.1. The van der Waals surface area contributed by atoms with Gasteiger partial charge in [-0.2, -0.15) is 11.8 Å². The van der Waals surface area contributed by atoms with E-state index < -0.39 is 11.6 Å². The minimum Gasteiger partial charge on any atom is -0.342 e. The number of carbonyl (C=O) groups excluding carboxylic acids is 2. The molecule has 1 spiro atoms. The number of hydrogen-bond donors (Lipinski definition) is 2. The number of hydrogen-bond acceptors (Lipinski definition) is 4. The van der Waals surface area contributed by atoms with Crippen LogP contribution in [-0.4, -0.2) is 47.1 Å². The molecule has 1 fully saturated rings. The van der Waals surface area contributed by atoms with E-state index in [0.717, 1.165) is 38.1 Å². The summed E-state index contributed by atoms with van der Waals surface area (Å²) in [5.41, 5.74) is 9.33. The van der Waals surface area contributed by atoms with Crippen LogP contribution in [0, 0.1) is 0 Å². The number of piperidine rings is 1. The fourth-order valence-corrected chi connectivity index (χ4v) is 6.05. The van der Waals surface area contributed by atoms with Crippen molar-refractivity contribution in [2.45, 2.75) is 62.3 Å². The lowest BCUT2D eigenvalue weighted by Crippen LogP contribution is -2.58. The van der Waals surface area contributed by atoms with Crippen molar-refractivity contribution in [1.82, 2.24) is 10.2 Å². The van der Waals surface area contributed by atoms with E-state index in [4.69, 9.17) is 5.73 Å². The van der Waals surface area contributed by atoms with E-state index in [1.165, 1.54) is 23.1 Å². The van der Waals surface area contributed by atoms with Gasteiger partial charge in [0.15, 0.2) is 0 Å². The van der Waals surface area contributed by atoms with Crippen LogP contribution in [0.5, 0.6) is 0 Å². The van der Waals surface area contributed by atoms with Crippen LogP contribution in [-0.2, 0) is 27.2 Å². The average molecular weight is 466 g/mol. The third-order valence-electron chi connectivity index (χ3n) is 7.08. The molecule has 1 saturated heterocycles. The SMILES string of the molecule is CC(C)(N)C(=O)N[C@H](CSCc1ccccc1)C(=O)N1CCC2(CCc3ccccc32)CC1. The Kier molecular flexibility index (Phi) is 7.15. The Bertz CT molecular complexity index is 978. The lowest BCUT2D eigenvalue weighted by Gasteiger charge is -2.41. The fourth-order valence-electron chi connectivity index (χ4n) is 5.05. The Morgan fingerprint density at radius 2 is 1.73 bits per heavy atom. The number of rotatable bonds is 7. The highest BCUT2D eigenvalue weighted by molar-refractivity contribution is 7.98. The van der Waals surface area contributed by atoms with Crippen LogP contribution in [0.2, 0.25) is 0 Å². The molecule has 2 aromatic rings. The molecule has 3 N–H and O–H groups in total. The summed E-state index contributed by atoms with van der Waals surface area (Å²) in [5.74, 6) is 1.04. The second kappa shape index (κ2) is 9.90. The van der Waals surface area contributed by atoms with Crippen molar-refractivity contribution in [3.63, 3.8) is 0 Å². The number of benzene rings is 2. The van der Waals surface area contributed by atoms with Crippen LogP contribution in [0.25, 0.3) is 0 Å². The average Bonchev–Trinajstić information content (AvgIpc) is 3.16. The molecule has 2 aromatic carbocycles. The Balaban J connectivity index is 1.40. The summed E-state index contributed by atoms with van der Waals surface area (Å²) in [6.07, 6.45) is 4.26. The summed E-state index contributed by atoms with van der Waals surface area (Å²) in [5, 5.41) is 2.94. The van der Waals surface area contributed by atoms with Crippen molar-refractivity contribution in [1.29, 1.82) is 0 Å². The molecule has 0 bridgehead atoms. The standard InChI is InChI=1S/C27H35N3O2S/c1-26(2,28)25(32)29-23(19-33-18-20-8-4-3-5-9-20)24(31)30-16-14-27(15-17-30)13-12-21-10-6-7-11-22(21)27/h3-11,23H,12-19,28H2,1-2H3,(H,29,32)/t23-/m1/s1. The molecule has 2 aliphatic rings. The van der Waals surface area contributed by atoms with E-state index in [0.29, 0.717) is 5.75 Å². The van der Waals surface area contributed by atoms with E-state index >= 15 is 0 Å². The Morgan fingerprint density at radius 1 is 1.06 bits per heavy atom. The van der Waals surface area contributed by atoms with E-state index in [1.807, 2.05) is 23.1 Å². The molecule has 176 valence electrons. The maximum atomic E-state index is 13.5. The smallest absolute Gasteiger partial charge is 0.246 e. The van der Waals surface area contributed by atoms with Gasteiger partial charge in [-0.05, 0) is 61.6 Å². The van der Waals surface area contributed by atoms with Crippen molar-refractivity contribution in [2.75, 3.05) is 18.8 Å². The van der Waals surface area contributed by atoms with Gasteiger partial charge in [0.2, 0.25) is 11.8 Å². The maximum absolute atomic E-state index is 13.5. The molecule has 0 aromatic heterocycles. The third-order valence-corrected chi connectivity index (χ3v) is 8.19. The van der Waals surface area contributed by atoms with Crippen LogP contribution in [0.15, 0.2) is 54.6 Å². The molecule has 1 aliphatic carbocycles. The maximum Gasteiger partial charge on any atom is 0.246 e. The third kappa shape index (κ3) is 5.44. The lowest BCUT2D eigenvalue weighted by molar-refractivity contribution is -0.138. The van der Waals surface area contributed by atoms with Crippen molar-refractivity contribution in [2.24, 2.45) is 5.73 Å². The van der Waals surface area contributed by atoms with Crippen LogP contribution in [0.4, 0.5) is 0 Å². The van der Waals surface area contributed by atoms with Gasteiger partial charge in [-0.15, -0.1) is 0 Å². The number of aryl methyl sites for hydroxylation is 1. The second-order valence-corrected chi connectivity index (χ2v) is 11.0. The summed E-state index contributed by atoms with van der Waals surface area (Å²) >= 11 is 1.67. The van der Waals surface area contributed by atoms with Gasteiger partial charge in [0.25, 0.3) is 0 Å². The number of nitrogens with zero attached hydrogens (tertiary/aromatic N) is 1. The summed E-state index contributed by atoms with van der Waals surface area (Å²) in [6.45, 7) is 4.80.